The molecule has 1 unspecified atom stereocenters. The van der Waals surface area contributed by atoms with Gasteiger partial charge < -0.3 is 10.6 Å². The SMILES string of the molecule is CC(C)N(CCC(N)=O)CC1CC=CCC1. The highest BCUT2D eigenvalue weighted by molar-refractivity contribution is 5.73. The van der Waals surface area contributed by atoms with Crippen LogP contribution in [-0.4, -0.2) is 29.9 Å². The molecule has 0 radical (unpaired) electrons. The fraction of sp³-hybridized carbons (Fsp3) is 0.769. The zero-order valence-corrected chi connectivity index (χ0v) is 10.5. The first-order chi connectivity index (χ1) is 7.59. The van der Waals surface area contributed by atoms with E-state index in [-0.39, 0.29) is 5.91 Å². The highest BCUT2D eigenvalue weighted by Gasteiger charge is 2.17. The molecule has 0 bridgehead atoms. The van der Waals surface area contributed by atoms with Crippen molar-refractivity contribution in [3.63, 3.8) is 0 Å². The summed E-state index contributed by atoms with van der Waals surface area (Å²) in [6.45, 7) is 6.25. The first kappa shape index (κ1) is 13.2. The van der Waals surface area contributed by atoms with Gasteiger partial charge in [0.2, 0.25) is 5.91 Å². The van der Waals surface area contributed by atoms with Crippen LogP contribution in [0.15, 0.2) is 12.2 Å². The van der Waals surface area contributed by atoms with Crippen LogP contribution in [0.5, 0.6) is 0 Å². The van der Waals surface area contributed by atoms with Crippen LogP contribution < -0.4 is 5.73 Å². The Morgan fingerprint density at radius 1 is 1.50 bits per heavy atom. The van der Waals surface area contributed by atoms with Crippen molar-refractivity contribution in [2.24, 2.45) is 11.7 Å². The molecule has 1 atom stereocenters. The van der Waals surface area contributed by atoms with Gasteiger partial charge in [-0.1, -0.05) is 12.2 Å². The lowest BCUT2D eigenvalue weighted by Gasteiger charge is -2.31. The van der Waals surface area contributed by atoms with Crippen LogP contribution >= 0.6 is 0 Å². The van der Waals surface area contributed by atoms with Gasteiger partial charge in [-0.05, 0) is 39.0 Å². The molecule has 0 heterocycles. The zero-order valence-electron chi connectivity index (χ0n) is 10.5. The molecule has 1 rings (SSSR count). The average molecular weight is 224 g/mol. The van der Waals surface area contributed by atoms with Crippen LogP contribution in [-0.2, 0) is 4.79 Å². The first-order valence-corrected chi connectivity index (χ1v) is 6.27. The fourth-order valence-electron chi connectivity index (χ4n) is 2.17. The van der Waals surface area contributed by atoms with Gasteiger partial charge in [0.05, 0.1) is 0 Å². The predicted molar refractivity (Wildman–Crippen MR) is 67.0 cm³/mol. The van der Waals surface area contributed by atoms with Crippen molar-refractivity contribution in [3.05, 3.63) is 12.2 Å². The molecule has 3 nitrogen and oxygen atoms in total. The number of carbonyl (C=O) groups is 1. The van der Waals surface area contributed by atoms with E-state index in [9.17, 15) is 4.79 Å². The van der Waals surface area contributed by atoms with Gasteiger partial charge in [-0.25, -0.2) is 0 Å². The molecule has 0 aromatic carbocycles. The van der Waals surface area contributed by atoms with Crippen molar-refractivity contribution in [3.8, 4) is 0 Å². The third kappa shape index (κ3) is 4.79. The smallest absolute Gasteiger partial charge is 0.218 e. The van der Waals surface area contributed by atoms with E-state index >= 15 is 0 Å². The monoisotopic (exact) mass is 224 g/mol. The van der Waals surface area contributed by atoms with Gasteiger partial charge >= 0.3 is 0 Å². The van der Waals surface area contributed by atoms with E-state index in [0.29, 0.717) is 12.5 Å². The molecule has 0 fully saturated rings. The Labute approximate surface area is 98.7 Å². The van der Waals surface area contributed by atoms with Crippen LogP contribution in [0.3, 0.4) is 0 Å². The summed E-state index contributed by atoms with van der Waals surface area (Å²) in [4.78, 5) is 13.2. The van der Waals surface area contributed by atoms with Crippen molar-refractivity contribution < 1.29 is 4.79 Å². The molecule has 1 aliphatic carbocycles. The third-order valence-electron chi connectivity index (χ3n) is 3.25. The lowest BCUT2D eigenvalue weighted by molar-refractivity contribution is -0.118. The molecule has 0 aliphatic heterocycles. The number of hydrogen-bond acceptors (Lipinski definition) is 2. The number of allylic oxidation sites excluding steroid dienone is 2. The molecule has 0 aromatic heterocycles. The number of rotatable bonds is 6. The van der Waals surface area contributed by atoms with Gasteiger partial charge in [0.25, 0.3) is 0 Å². The van der Waals surface area contributed by atoms with Crippen molar-refractivity contribution >= 4 is 5.91 Å². The average Bonchev–Trinajstić information content (AvgIpc) is 2.25. The van der Waals surface area contributed by atoms with Gasteiger partial charge in [-0.15, -0.1) is 0 Å². The maximum Gasteiger partial charge on any atom is 0.218 e. The minimum atomic E-state index is -0.200. The summed E-state index contributed by atoms with van der Waals surface area (Å²) in [5.41, 5.74) is 5.20. The molecular formula is C13H24N2O. The Bertz CT molecular complexity index is 248. The van der Waals surface area contributed by atoms with Crippen molar-refractivity contribution in [2.75, 3.05) is 13.1 Å². The Kier molecular flexibility index (Phi) is 5.53. The van der Waals surface area contributed by atoms with Crippen molar-refractivity contribution in [2.45, 2.75) is 45.6 Å². The van der Waals surface area contributed by atoms with Crippen LogP contribution in [0.25, 0.3) is 0 Å². The Hall–Kier alpha value is -0.830. The first-order valence-electron chi connectivity index (χ1n) is 6.27. The van der Waals surface area contributed by atoms with Crippen LogP contribution in [0, 0.1) is 5.92 Å². The maximum absolute atomic E-state index is 10.8. The summed E-state index contributed by atoms with van der Waals surface area (Å²) < 4.78 is 0. The summed E-state index contributed by atoms with van der Waals surface area (Å²) in [5.74, 6) is 0.550. The normalized spacial score (nSPS) is 20.6. The Morgan fingerprint density at radius 3 is 2.75 bits per heavy atom. The number of carbonyl (C=O) groups excluding carboxylic acids is 1. The number of amides is 1. The molecule has 1 aliphatic rings. The summed E-state index contributed by atoms with van der Waals surface area (Å²) in [7, 11) is 0. The van der Waals surface area contributed by atoms with E-state index in [2.05, 4.69) is 30.9 Å². The van der Waals surface area contributed by atoms with E-state index in [1.807, 2.05) is 0 Å². The van der Waals surface area contributed by atoms with Gasteiger partial charge in [0, 0.05) is 25.6 Å². The number of primary amides is 1. The third-order valence-corrected chi connectivity index (χ3v) is 3.25. The van der Waals surface area contributed by atoms with Crippen LogP contribution in [0.4, 0.5) is 0 Å². The summed E-state index contributed by atoms with van der Waals surface area (Å²) in [5, 5.41) is 0. The van der Waals surface area contributed by atoms with Crippen molar-refractivity contribution in [1.29, 1.82) is 0 Å². The molecule has 92 valence electrons. The minimum Gasteiger partial charge on any atom is -0.370 e. The van der Waals surface area contributed by atoms with E-state index in [1.165, 1.54) is 19.3 Å². The summed E-state index contributed by atoms with van der Waals surface area (Å²) in [6.07, 6.45) is 8.67. The maximum atomic E-state index is 10.8. The van der Waals surface area contributed by atoms with Crippen LogP contribution in [0.1, 0.15) is 39.5 Å². The molecule has 16 heavy (non-hydrogen) atoms. The minimum absolute atomic E-state index is 0.200. The number of nitrogens with two attached hydrogens (primary N) is 1. The molecule has 0 spiro atoms. The van der Waals surface area contributed by atoms with Gasteiger partial charge in [0.15, 0.2) is 0 Å². The topological polar surface area (TPSA) is 46.3 Å². The lowest BCUT2D eigenvalue weighted by Crippen LogP contribution is -2.37. The number of nitrogens with zero attached hydrogens (tertiary/aromatic N) is 1. The van der Waals surface area contributed by atoms with Gasteiger partial charge in [-0.3, -0.25) is 4.79 Å². The summed E-state index contributed by atoms with van der Waals surface area (Å²) in [6, 6.07) is 0.491. The second-order valence-electron chi connectivity index (χ2n) is 4.96. The molecule has 0 saturated heterocycles. The van der Waals surface area contributed by atoms with Gasteiger partial charge in [0.1, 0.15) is 0 Å². The van der Waals surface area contributed by atoms with E-state index in [1.54, 1.807) is 0 Å². The fourth-order valence-corrected chi connectivity index (χ4v) is 2.17. The van der Waals surface area contributed by atoms with E-state index in [4.69, 9.17) is 5.73 Å². The molecule has 0 saturated carbocycles. The van der Waals surface area contributed by atoms with Crippen molar-refractivity contribution in [1.82, 2.24) is 4.90 Å². The predicted octanol–water partition coefficient (Wildman–Crippen LogP) is 1.93. The van der Waals surface area contributed by atoms with E-state index in [0.717, 1.165) is 19.0 Å². The molecule has 3 heteroatoms. The largest absolute Gasteiger partial charge is 0.370 e. The molecule has 2 N–H and O–H groups in total. The van der Waals surface area contributed by atoms with E-state index < -0.39 is 0 Å². The van der Waals surface area contributed by atoms with Gasteiger partial charge in [-0.2, -0.15) is 0 Å². The second kappa shape index (κ2) is 6.69. The Morgan fingerprint density at radius 2 is 2.25 bits per heavy atom. The lowest BCUT2D eigenvalue weighted by atomic mass is 9.93. The highest BCUT2D eigenvalue weighted by Crippen LogP contribution is 2.20. The molecule has 1 amide bonds. The van der Waals surface area contributed by atoms with Crippen LogP contribution in [0.2, 0.25) is 0 Å². The standard InChI is InChI=1S/C13H24N2O/c1-11(2)15(9-8-13(14)16)10-12-6-4-3-5-7-12/h3-4,11-12H,5-10H2,1-2H3,(H2,14,16). The number of hydrogen-bond donors (Lipinski definition) is 1. The molecular weight excluding hydrogens is 200 g/mol. The highest BCUT2D eigenvalue weighted by atomic mass is 16.1. The second-order valence-corrected chi connectivity index (χ2v) is 4.96. The molecule has 0 aromatic rings. The summed E-state index contributed by atoms with van der Waals surface area (Å²) >= 11 is 0. The quantitative estimate of drug-likeness (QED) is 0.701. The Balaban J connectivity index is 2.37. The zero-order chi connectivity index (χ0) is 12.0.